The Balaban J connectivity index is 1.53. The first-order valence-corrected chi connectivity index (χ1v) is 37.5. The molecule has 0 amide bonds. The van der Waals surface area contributed by atoms with Gasteiger partial charge in [-0.3, -0.25) is 0 Å². The van der Waals surface area contributed by atoms with E-state index in [0.29, 0.717) is 44.5 Å². The molecule has 11 aromatic carbocycles. The molecular formula is C100H108F6. The van der Waals surface area contributed by atoms with Gasteiger partial charge in [0.25, 0.3) is 0 Å². The molecule has 6 heteroatoms. The molecule has 0 fully saturated rings. The van der Waals surface area contributed by atoms with Gasteiger partial charge < -0.3 is 0 Å². The van der Waals surface area contributed by atoms with Gasteiger partial charge in [0.2, 0.25) is 0 Å². The van der Waals surface area contributed by atoms with Crippen LogP contribution >= 0.6 is 0 Å². The molecule has 0 saturated carbocycles. The Morgan fingerprint density at radius 2 is 0.349 bits per heavy atom. The van der Waals surface area contributed by atoms with E-state index in [2.05, 4.69) is 178 Å². The fraction of sp³-hybridized carbons (Fsp3) is 0.340. The van der Waals surface area contributed by atoms with Gasteiger partial charge in [0, 0.05) is 22.3 Å². The molecule has 0 aromatic heterocycles. The van der Waals surface area contributed by atoms with Gasteiger partial charge in [0.15, 0.2) is 0 Å². The Bertz CT molecular complexity index is 4600. The molecule has 0 unspecified atom stereocenters. The molecule has 0 aliphatic carbocycles. The Hall–Kier alpha value is -9.00. The van der Waals surface area contributed by atoms with Gasteiger partial charge in [-0.2, -0.15) is 26.3 Å². The van der Waals surface area contributed by atoms with E-state index in [9.17, 15) is 0 Å². The molecule has 0 nitrogen and oxygen atoms in total. The van der Waals surface area contributed by atoms with Crippen LogP contribution in [0.1, 0.15) is 222 Å². The smallest absolute Gasteiger partial charge is 0.166 e. The van der Waals surface area contributed by atoms with Crippen LogP contribution < -0.4 is 0 Å². The molecule has 0 bridgehead atoms. The predicted octanol–water partition coefficient (Wildman–Crippen LogP) is 30.8. The van der Waals surface area contributed by atoms with E-state index in [1.165, 1.54) is 0 Å². The van der Waals surface area contributed by atoms with Crippen LogP contribution in [0.2, 0.25) is 0 Å². The molecule has 11 rings (SSSR count). The standard InChI is InChI=1S/C100H108F6/c1-91(2,3)69-55-65(56-70(59-69)92(4,5)6)73-37-25-27-43-79(73)87-85(67-51-61(75-39-29-33-45-81(75)95(13,14)15)49-62(52-67)76-40-30-34-46-82(76)96(16,17)18)90(100(104,105)106)88(80-44-28-26-38-74(80)66-57-71(93(7,8)9)60-72(58-66)94(10,11)12)86(89(87)99(101,102)103)68-53-63(77-41-31-35-47-83(77)97(19,20)21)50-64(54-68)78-42-32-36-48-84(78)98(22,23)24/h25-60H,1-24H3. The van der Waals surface area contributed by atoms with Gasteiger partial charge in [-0.1, -0.05) is 348 Å². The minimum atomic E-state index is -5.39. The summed E-state index contributed by atoms with van der Waals surface area (Å²) >= 11 is 0. The Morgan fingerprint density at radius 1 is 0.170 bits per heavy atom. The predicted molar refractivity (Wildman–Crippen MR) is 440 cm³/mol. The molecule has 0 saturated heterocycles. The monoisotopic (exact) mass is 1420 g/mol. The van der Waals surface area contributed by atoms with E-state index in [-0.39, 0.29) is 22.3 Å². The number of benzene rings is 11. The Labute approximate surface area is 629 Å². The Kier molecular flexibility index (Phi) is 20.4. The molecule has 0 radical (unpaired) electrons. The average Bonchev–Trinajstić information content (AvgIpc) is 0.697. The summed E-state index contributed by atoms with van der Waals surface area (Å²) in [5.74, 6) is 0. The Morgan fingerprint density at radius 3 is 0.547 bits per heavy atom. The highest BCUT2D eigenvalue weighted by Gasteiger charge is 2.48. The van der Waals surface area contributed by atoms with Crippen LogP contribution in [0.4, 0.5) is 26.3 Å². The molecule has 11 aromatic rings. The zero-order chi connectivity index (χ0) is 77.8. The second-order valence-corrected chi connectivity index (χ2v) is 37.7. The molecule has 0 aliphatic rings. The summed E-state index contributed by atoms with van der Waals surface area (Å²) < 4.78 is 116. The van der Waals surface area contributed by atoms with Crippen LogP contribution in [0.5, 0.6) is 0 Å². The quantitative estimate of drug-likeness (QED) is 0.120. The van der Waals surface area contributed by atoms with Gasteiger partial charge in [0.05, 0.1) is 11.1 Å². The normalized spacial score (nSPS) is 13.2. The molecule has 550 valence electrons. The summed E-state index contributed by atoms with van der Waals surface area (Å²) in [5, 5.41) is 0. The van der Waals surface area contributed by atoms with Crippen LogP contribution in [0, 0.1) is 0 Å². The SMILES string of the molecule is CC(C)(C)c1cc(-c2ccccc2-c2c(-c3cc(-c4ccccc4C(C)(C)C)cc(-c4ccccc4C(C)(C)C)c3)c(C(F)(F)F)c(-c3ccccc3-c3cc(C(C)(C)C)cc(C(C)(C)C)c3)c(-c3cc(-c4ccccc4C(C)(C)C)cc(-c4ccccc4C(C)(C)C)c3)c2C(F)(F)F)cc(C(C)(C)C)c1. The first-order valence-electron chi connectivity index (χ1n) is 37.5. The third-order valence-electron chi connectivity index (χ3n) is 21.0. The van der Waals surface area contributed by atoms with Gasteiger partial charge in [0.1, 0.15) is 0 Å². The lowest BCUT2D eigenvalue weighted by molar-refractivity contribution is -0.139. The van der Waals surface area contributed by atoms with Crippen LogP contribution in [0.25, 0.3) is 111 Å². The first kappa shape index (κ1) is 78.1. The van der Waals surface area contributed by atoms with E-state index in [1.54, 1.807) is 72.8 Å². The van der Waals surface area contributed by atoms with Gasteiger partial charge >= 0.3 is 12.4 Å². The molecule has 0 atom stereocenters. The van der Waals surface area contributed by atoms with Gasteiger partial charge in [-0.25, -0.2) is 0 Å². The number of hydrogen-bond acceptors (Lipinski definition) is 0. The van der Waals surface area contributed by atoms with E-state index < -0.39 is 89.1 Å². The zero-order valence-electron chi connectivity index (χ0n) is 67.1. The maximum atomic E-state index is 19.3. The minimum Gasteiger partial charge on any atom is -0.166 e. The van der Waals surface area contributed by atoms with Crippen molar-refractivity contribution < 1.29 is 26.3 Å². The largest absolute Gasteiger partial charge is 0.417 e. The van der Waals surface area contributed by atoms with Crippen molar-refractivity contribution in [3.63, 3.8) is 0 Å². The number of rotatable bonds is 10. The summed E-state index contributed by atoms with van der Waals surface area (Å²) in [7, 11) is 0. The van der Waals surface area contributed by atoms with E-state index >= 15 is 26.3 Å². The van der Waals surface area contributed by atoms with Gasteiger partial charge in [-0.05, 0) is 213 Å². The highest BCUT2D eigenvalue weighted by atomic mass is 19.4. The number of hydrogen-bond donors (Lipinski definition) is 0. The van der Waals surface area contributed by atoms with Crippen molar-refractivity contribution in [3.05, 3.63) is 274 Å². The maximum absolute atomic E-state index is 19.3. The molecule has 0 spiro atoms. The third kappa shape index (κ3) is 16.0. The summed E-state index contributed by atoms with van der Waals surface area (Å²) in [6, 6.07) is 68.9. The lowest BCUT2D eigenvalue weighted by Crippen LogP contribution is -2.19. The summed E-state index contributed by atoms with van der Waals surface area (Å²) in [6.45, 7) is 50.5. The van der Waals surface area contributed by atoms with Crippen molar-refractivity contribution in [2.45, 2.75) is 222 Å². The minimum absolute atomic E-state index is 0.000281. The number of alkyl halides is 6. The third-order valence-corrected chi connectivity index (χ3v) is 21.0. The lowest BCUT2D eigenvalue weighted by Gasteiger charge is -2.32. The van der Waals surface area contributed by atoms with Crippen molar-refractivity contribution in [1.29, 1.82) is 0 Å². The van der Waals surface area contributed by atoms with E-state index in [0.717, 1.165) is 66.8 Å². The lowest BCUT2D eigenvalue weighted by atomic mass is 9.72. The van der Waals surface area contributed by atoms with Crippen LogP contribution in [-0.4, -0.2) is 0 Å². The highest BCUT2D eigenvalue weighted by Crippen LogP contribution is 2.61. The van der Waals surface area contributed by atoms with Crippen LogP contribution in [0.15, 0.2) is 218 Å². The molecular weight excluding hydrogens is 1320 g/mol. The fourth-order valence-electron chi connectivity index (χ4n) is 15.4. The van der Waals surface area contributed by atoms with Crippen molar-refractivity contribution in [3.8, 4) is 111 Å². The van der Waals surface area contributed by atoms with Crippen molar-refractivity contribution in [2.24, 2.45) is 0 Å². The fourth-order valence-corrected chi connectivity index (χ4v) is 15.4. The maximum Gasteiger partial charge on any atom is 0.417 e. The van der Waals surface area contributed by atoms with E-state index in [4.69, 9.17) is 0 Å². The molecule has 106 heavy (non-hydrogen) atoms. The summed E-state index contributed by atoms with van der Waals surface area (Å²) in [6.07, 6.45) is -10.8. The first-order chi connectivity index (χ1) is 48.9. The van der Waals surface area contributed by atoms with Gasteiger partial charge in [-0.15, -0.1) is 0 Å². The molecule has 0 aliphatic heterocycles. The van der Waals surface area contributed by atoms with Crippen molar-refractivity contribution in [2.75, 3.05) is 0 Å². The van der Waals surface area contributed by atoms with E-state index in [1.807, 2.05) is 133 Å². The van der Waals surface area contributed by atoms with Crippen molar-refractivity contribution in [1.82, 2.24) is 0 Å². The molecule has 0 N–H and O–H groups in total. The zero-order valence-corrected chi connectivity index (χ0v) is 67.1. The molecule has 0 heterocycles. The second-order valence-electron chi connectivity index (χ2n) is 37.7. The topological polar surface area (TPSA) is 0 Å². The van der Waals surface area contributed by atoms with Crippen LogP contribution in [-0.2, 0) is 55.7 Å². The number of halogens is 6. The van der Waals surface area contributed by atoms with Crippen LogP contribution in [0.3, 0.4) is 0 Å². The second kappa shape index (κ2) is 27.7. The summed E-state index contributed by atoms with van der Waals surface area (Å²) in [5.41, 5.74) is 5.95. The summed E-state index contributed by atoms with van der Waals surface area (Å²) in [4.78, 5) is 0. The highest BCUT2D eigenvalue weighted by molar-refractivity contribution is 6.08. The van der Waals surface area contributed by atoms with Crippen molar-refractivity contribution >= 4 is 0 Å². The average molecular weight is 1420 g/mol.